The molecule has 0 saturated carbocycles. The van der Waals surface area contributed by atoms with Crippen LogP contribution in [0, 0.1) is 5.92 Å². The summed E-state index contributed by atoms with van der Waals surface area (Å²) in [6, 6.07) is 7.73. The van der Waals surface area contributed by atoms with Crippen molar-refractivity contribution < 1.29 is 9.53 Å². The molecule has 0 radical (unpaired) electrons. The van der Waals surface area contributed by atoms with Gasteiger partial charge in [0.25, 0.3) is 0 Å². The third kappa shape index (κ3) is 2.94. The Kier molecular flexibility index (Phi) is 4.10. The Morgan fingerprint density at radius 2 is 1.87 bits per heavy atom. The van der Waals surface area contributed by atoms with Crippen molar-refractivity contribution in [3.05, 3.63) is 35.9 Å². The SMILES string of the molecule is COc1ccc(C(=CC=O)C(C)C)cc1. The number of benzene rings is 1. The molecule has 15 heavy (non-hydrogen) atoms. The highest BCUT2D eigenvalue weighted by Crippen LogP contribution is 2.24. The summed E-state index contributed by atoms with van der Waals surface area (Å²) in [5.41, 5.74) is 2.12. The maximum absolute atomic E-state index is 10.5. The van der Waals surface area contributed by atoms with Gasteiger partial charge in [-0.05, 0) is 35.3 Å². The standard InChI is InChI=1S/C13H16O2/c1-10(2)13(8-9-14)11-4-6-12(15-3)7-5-11/h4-10H,1-3H3. The molecule has 0 aliphatic rings. The topological polar surface area (TPSA) is 26.3 Å². The first-order valence-electron chi connectivity index (χ1n) is 4.98. The second-order valence-corrected chi connectivity index (χ2v) is 3.64. The van der Waals surface area contributed by atoms with Crippen LogP contribution >= 0.6 is 0 Å². The fourth-order valence-electron chi connectivity index (χ4n) is 1.48. The summed E-state index contributed by atoms with van der Waals surface area (Å²) in [6.45, 7) is 4.14. The van der Waals surface area contributed by atoms with Crippen LogP contribution in [0.3, 0.4) is 0 Å². The molecule has 0 amide bonds. The molecular formula is C13H16O2. The number of hydrogen-bond donors (Lipinski definition) is 0. The van der Waals surface area contributed by atoms with E-state index in [1.165, 1.54) is 0 Å². The molecular weight excluding hydrogens is 188 g/mol. The lowest BCUT2D eigenvalue weighted by Gasteiger charge is -2.11. The van der Waals surface area contributed by atoms with Crippen LogP contribution in [0.15, 0.2) is 30.3 Å². The minimum absolute atomic E-state index is 0.337. The number of carbonyl (C=O) groups excluding carboxylic acids is 1. The second-order valence-electron chi connectivity index (χ2n) is 3.64. The number of aldehydes is 1. The lowest BCUT2D eigenvalue weighted by atomic mass is 9.95. The van der Waals surface area contributed by atoms with Gasteiger partial charge in [0.2, 0.25) is 0 Å². The van der Waals surface area contributed by atoms with Crippen LogP contribution in [0.1, 0.15) is 19.4 Å². The van der Waals surface area contributed by atoms with Gasteiger partial charge in [-0.3, -0.25) is 4.79 Å². The molecule has 80 valence electrons. The van der Waals surface area contributed by atoms with E-state index in [1.807, 2.05) is 24.3 Å². The van der Waals surface area contributed by atoms with Crippen molar-refractivity contribution in [2.45, 2.75) is 13.8 Å². The average molecular weight is 204 g/mol. The first-order chi connectivity index (χ1) is 7.19. The van der Waals surface area contributed by atoms with E-state index in [2.05, 4.69) is 13.8 Å². The Morgan fingerprint density at radius 3 is 2.27 bits per heavy atom. The summed E-state index contributed by atoms with van der Waals surface area (Å²) in [5.74, 6) is 1.16. The predicted octanol–water partition coefficient (Wildman–Crippen LogP) is 2.93. The van der Waals surface area contributed by atoms with Gasteiger partial charge in [0, 0.05) is 0 Å². The molecule has 0 fully saturated rings. The van der Waals surface area contributed by atoms with E-state index in [0.29, 0.717) is 5.92 Å². The van der Waals surface area contributed by atoms with Crippen molar-refractivity contribution in [1.29, 1.82) is 0 Å². The number of allylic oxidation sites excluding steroid dienone is 2. The molecule has 0 N–H and O–H groups in total. The minimum atomic E-state index is 0.337. The van der Waals surface area contributed by atoms with Gasteiger partial charge in [-0.1, -0.05) is 26.0 Å². The third-order valence-corrected chi connectivity index (χ3v) is 2.29. The van der Waals surface area contributed by atoms with Gasteiger partial charge in [0.1, 0.15) is 12.0 Å². The molecule has 1 aromatic rings. The molecule has 0 aliphatic heterocycles. The van der Waals surface area contributed by atoms with Crippen LogP contribution in [-0.2, 0) is 4.79 Å². The summed E-state index contributed by atoms with van der Waals surface area (Å²) in [4.78, 5) is 10.5. The van der Waals surface area contributed by atoms with Gasteiger partial charge in [-0.15, -0.1) is 0 Å². The minimum Gasteiger partial charge on any atom is -0.497 e. The van der Waals surface area contributed by atoms with E-state index in [9.17, 15) is 4.79 Å². The van der Waals surface area contributed by atoms with E-state index in [1.54, 1.807) is 13.2 Å². The molecule has 0 bridgehead atoms. The van der Waals surface area contributed by atoms with Crippen molar-refractivity contribution >= 4 is 11.9 Å². The smallest absolute Gasteiger partial charge is 0.143 e. The van der Waals surface area contributed by atoms with E-state index in [4.69, 9.17) is 4.74 Å². The molecule has 0 atom stereocenters. The van der Waals surface area contributed by atoms with E-state index in [0.717, 1.165) is 23.2 Å². The van der Waals surface area contributed by atoms with Crippen LogP contribution in [0.25, 0.3) is 5.57 Å². The molecule has 0 saturated heterocycles. The zero-order valence-corrected chi connectivity index (χ0v) is 9.36. The maximum atomic E-state index is 10.5. The van der Waals surface area contributed by atoms with Crippen molar-refractivity contribution in [2.24, 2.45) is 5.92 Å². The number of ether oxygens (including phenoxy) is 1. The highest BCUT2D eigenvalue weighted by Gasteiger charge is 2.05. The highest BCUT2D eigenvalue weighted by molar-refractivity contribution is 5.82. The lowest BCUT2D eigenvalue weighted by molar-refractivity contribution is -0.104. The molecule has 1 rings (SSSR count). The molecule has 0 heterocycles. The van der Waals surface area contributed by atoms with Gasteiger partial charge >= 0.3 is 0 Å². The van der Waals surface area contributed by atoms with Crippen molar-refractivity contribution in [3.63, 3.8) is 0 Å². The van der Waals surface area contributed by atoms with Gasteiger partial charge in [0.15, 0.2) is 0 Å². The summed E-state index contributed by atoms with van der Waals surface area (Å²) in [5, 5.41) is 0. The summed E-state index contributed by atoms with van der Waals surface area (Å²) < 4.78 is 5.08. The van der Waals surface area contributed by atoms with Gasteiger partial charge < -0.3 is 4.74 Å². The summed E-state index contributed by atoms with van der Waals surface area (Å²) in [7, 11) is 1.64. The average Bonchev–Trinajstić information content (AvgIpc) is 2.26. The van der Waals surface area contributed by atoms with E-state index < -0.39 is 0 Å². The Bertz CT molecular complexity index is 347. The van der Waals surface area contributed by atoms with Crippen molar-refractivity contribution in [3.8, 4) is 5.75 Å². The number of rotatable bonds is 4. The van der Waals surface area contributed by atoms with E-state index >= 15 is 0 Å². The molecule has 0 spiro atoms. The fraction of sp³-hybridized carbons (Fsp3) is 0.308. The molecule has 0 unspecified atom stereocenters. The Labute approximate surface area is 90.6 Å². The molecule has 2 nitrogen and oxygen atoms in total. The van der Waals surface area contributed by atoms with Gasteiger partial charge in [0.05, 0.1) is 7.11 Å². The first-order valence-corrected chi connectivity index (χ1v) is 4.98. The van der Waals surface area contributed by atoms with Crippen LogP contribution < -0.4 is 4.74 Å². The van der Waals surface area contributed by atoms with E-state index in [-0.39, 0.29) is 0 Å². The van der Waals surface area contributed by atoms with Gasteiger partial charge in [-0.2, -0.15) is 0 Å². The molecule has 2 heteroatoms. The summed E-state index contributed by atoms with van der Waals surface area (Å²) >= 11 is 0. The third-order valence-electron chi connectivity index (χ3n) is 2.29. The number of methoxy groups -OCH3 is 1. The monoisotopic (exact) mass is 204 g/mol. The van der Waals surface area contributed by atoms with Crippen molar-refractivity contribution in [2.75, 3.05) is 7.11 Å². The molecule has 0 aliphatic carbocycles. The largest absolute Gasteiger partial charge is 0.497 e. The zero-order chi connectivity index (χ0) is 11.3. The van der Waals surface area contributed by atoms with Crippen LogP contribution in [0.4, 0.5) is 0 Å². The number of hydrogen-bond acceptors (Lipinski definition) is 2. The fourth-order valence-corrected chi connectivity index (χ4v) is 1.48. The van der Waals surface area contributed by atoms with Crippen LogP contribution in [0.2, 0.25) is 0 Å². The second kappa shape index (κ2) is 5.35. The summed E-state index contributed by atoms with van der Waals surface area (Å²) in [6.07, 6.45) is 2.45. The Morgan fingerprint density at radius 1 is 1.27 bits per heavy atom. The normalized spacial score (nSPS) is 11.6. The Hall–Kier alpha value is -1.57. The zero-order valence-electron chi connectivity index (χ0n) is 9.36. The molecule has 1 aromatic carbocycles. The number of carbonyl (C=O) groups is 1. The molecule has 0 aromatic heterocycles. The maximum Gasteiger partial charge on any atom is 0.143 e. The quantitative estimate of drug-likeness (QED) is 0.556. The Balaban J connectivity index is 3.02. The van der Waals surface area contributed by atoms with Crippen LogP contribution in [0.5, 0.6) is 5.75 Å². The first kappa shape index (κ1) is 11.5. The highest BCUT2D eigenvalue weighted by atomic mass is 16.5. The lowest BCUT2D eigenvalue weighted by Crippen LogP contribution is -1.94. The van der Waals surface area contributed by atoms with Crippen molar-refractivity contribution in [1.82, 2.24) is 0 Å². The van der Waals surface area contributed by atoms with Gasteiger partial charge in [-0.25, -0.2) is 0 Å². The predicted molar refractivity (Wildman–Crippen MR) is 61.9 cm³/mol. The van der Waals surface area contributed by atoms with Crippen LogP contribution in [-0.4, -0.2) is 13.4 Å².